The van der Waals surface area contributed by atoms with E-state index < -0.39 is 0 Å². The second kappa shape index (κ2) is 8.05. The number of nitrogens with zero attached hydrogens (tertiary/aromatic N) is 3. The van der Waals surface area contributed by atoms with Gasteiger partial charge in [0.05, 0.1) is 11.9 Å². The van der Waals surface area contributed by atoms with Crippen molar-refractivity contribution in [3.05, 3.63) is 88.4 Å². The van der Waals surface area contributed by atoms with Crippen LogP contribution in [-0.4, -0.2) is 25.7 Å². The third kappa shape index (κ3) is 4.21. The van der Waals surface area contributed by atoms with E-state index in [1.54, 1.807) is 16.8 Å². The summed E-state index contributed by atoms with van der Waals surface area (Å²) in [5.74, 6) is -0.0917. The van der Waals surface area contributed by atoms with Gasteiger partial charge in [0.25, 0.3) is 5.56 Å². The first-order valence-electron chi connectivity index (χ1n) is 9.13. The Balaban J connectivity index is 1.46. The van der Waals surface area contributed by atoms with E-state index in [9.17, 15) is 14.0 Å². The number of carbonyl (C=O) groups is 1. The van der Waals surface area contributed by atoms with E-state index in [1.165, 1.54) is 18.3 Å². The zero-order chi connectivity index (χ0) is 20.2. The van der Waals surface area contributed by atoms with E-state index in [2.05, 4.69) is 20.4 Å². The van der Waals surface area contributed by atoms with Gasteiger partial charge in [-0.25, -0.2) is 14.1 Å². The molecule has 1 amide bonds. The van der Waals surface area contributed by atoms with E-state index in [0.29, 0.717) is 23.4 Å². The molecule has 8 heteroatoms. The summed E-state index contributed by atoms with van der Waals surface area (Å²) in [6, 6.07) is 15.3. The summed E-state index contributed by atoms with van der Waals surface area (Å²) < 4.78 is 14.5. The number of aromatic amines is 1. The van der Waals surface area contributed by atoms with Crippen LogP contribution < -0.4 is 10.9 Å². The van der Waals surface area contributed by atoms with Gasteiger partial charge in [0.15, 0.2) is 5.65 Å². The number of hydrogen-bond acceptors (Lipinski definition) is 4. The minimum absolute atomic E-state index is 0.162. The van der Waals surface area contributed by atoms with Crippen LogP contribution >= 0.6 is 0 Å². The SMILES string of the molecule is O=C(CCc1nc2c(cnn2-c2ccccc2)c(=O)[nH]1)NCc1ccc(F)cc1. The maximum absolute atomic E-state index is 12.9. The van der Waals surface area contributed by atoms with Gasteiger partial charge in [-0.1, -0.05) is 30.3 Å². The maximum Gasteiger partial charge on any atom is 0.262 e. The van der Waals surface area contributed by atoms with E-state index in [1.807, 2.05) is 30.3 Å². The topological polar surface area (TPSA) is 92.7 Å². The summed E-state index contributed by atoms with van der Waals surface area (Å²) in [6.45, 7) is 0.308. The Morgan fingerprint density at radius 2 is 1.86 bits per heavy atom. The number of para-hydroxylation sites is 1. The molecule has 0 aliphatic carbocycles. The number of rotatable bonds is 6. The summed E-state index contributed by atoms with van der Waals surface area (Å²) in [5.41, 5.74) is 1.75. The van der Waals surface area contributed by atoms with Crippen LogP contribution in [0.3, 0.4) is 0 Å². The van der Waals surface area contributed by atoms with Gasteiger partial charge in [-0.3, -0.25) is 9.59 Å². The smallest absolute Gasteiger partial charge is 0.262 e. The summed E-state index contributed by atoms with van der Waals surface area (Å²) in [5, 5.41) is 7.42. The van der Waals surface area contributed by atoms with Crippen LogP contribution in [0.15, 0.2) is 65.6 Å². The molecule has 2 heterocycles. The molecule has 29 heavy (non-hydrogen) atoms. The van der Waals surface area contributed by atoms with Gasteiger partial charge >= 0.3 is 0 Å². The number of aryl methyl sites for hydroxylation is 1. The first-order valence-corrected chi connectivity index (χ1v) is 9.13. The maximum atomic E-state index is 12.9. The van der Waals surface area contributed by atoms with Gasteiger partial charge in [-0.05, 0) is 29.8 Å². The number of aromatic nitrogens is 4. The molecule has 2 aromatic heterocycles. The molecule has 146 valence electrons. The van der Waals surface area contributed by atoms with Crippen LogP contribution in [0.5, 0.6) is 0 Å². The molecule has 0 aliphatic rings. The standard InChI is InChI=1S/C21H18FN5O2/c22-15-8-6-14(7-9-15)12-23-19(28)11-10-18-25-20-17(21(29)26-18)13-24-27(20)16-4-2-1-3-5-16/h1-9,13H,10-12H2,(H,23,28)(H,25,26,29). The van der Waals surface area contributed by atoms with Crippen LogP contribution in [0.25, 0.3) is 16.7 Å². The fourth-order valence-corrected chi connectivity index (χ4v) is 2.96. The lowest BCUT2D eigenvalue weighted by Crippen LogP contribution is -2.23. The molecule has 0 fully saturated rings. The zero-order valence-corrected chi connectivity index (χ0v) is 15.4. The Hall–Kier alpha value is -3.81. The Labute approximate surface area is 165 Å². The largest absolute Gasteiger partial charge is 0.352 e. The normalized spacial score (nSPS) is 10.9. The second-order valence-corrected chi connectivity index (χ2v) is 6.55. The van der Waals surface area contributed by atoms with Gasteiger partial charge < -0.3 is 10.3 Å². The van der Waals surface area contributed by atoms with Crippen molar-refractivity contribution in [2.75, 3.05) is 0 Å². The highest BCUT2D eigenvalue weighted by Crippen LogP contribution is 2.13. The van der Waals surface area contributed by atoms with Crippen molar-refractivity contribution in [3.63, 3.8) is 0 Å². The fourth-order valence-electron chi connectivity index (χ4n) is 2.96. The highest BCUT2D eigenvalue weighted by atomic mass is 19.1. The van der Waals surface area contributed by atoms with Crippen LogP contribution in [0.1, 0.15) is 17.8 Å². The lowest BCUT2D eigenvalue weighted by molar-refractivity contribution is -0.121. The average Bonchev–Trinajstić information content (AvgIpc) is 3.17. The Kier molecular flexibility index (Phi) is 5.15. The number of carbonyl (C=O) groups excluding carboxylic acids is 1. The molecular weight excluding hydrogens is 373 g/mol. The average molecular weight is 391 g/mol. The first-order chi connectivity index (χ1) is 14.1. The van der Waals surface area contributed by atoms with Crippen molar-refractivity contribution < 1.29 is 9.18 Å². The lowest BCUT2D eigenvalue weighted by Gasteiger charge is -2.06. The third-order valence-corrected chi connectivity index (χ3v) is 4.48. The summed E-state index contributed by atoms with van der Waals surface area (Å²) in [6.07, 6.45) is 1.92. The Bertz CT molecular complexity index is 1200. The molecule has 4 aromatic rings. The van der Waals surface area contributed by atoms with Gasteiger partial charge in [-0.15, -0.1) is 0 Å². The second-order valence-electron chi connectivity index (χ2n) is 6.55. The van der Waals surface area contributed by atoms with Crippen LogP contribution in [-0.2, 0) is 17.8 Å². The van der Waals surface area contributed by atoms with Crippen LogP contribution in [0, 0.1) is 5.82 Å². The minimum atomic E-state index is -0.319. The quantitative estimate of drug-likeness (QED) is 0.528. The molecule has 0 radical (unpaired) electrons. The third-order valence-electron chi connectivity index (χ3n) is 4.48. The predicted molar refractivity (Wildman–Crippen MR) is 106 cm³/mol. The van der Waals surface area contributed by atoms with E-state index >= 15 is 0 Å². The van der Waals surface area contributed by atoms with Crippen molar-refractivity contribution in [1.29, 1.82) is 0 Å². The van der Waals surface area contributed by atoms with Gasteiger partial charge in [-0.2, -0.15) is 5.10 Å². The first kappa shape index (κ1) is 18.5. The van der Waals surface area contributed by atoms with Gasteiger partial charge in [0, 0.05) is 19.4 Å². The molecule has 7 nitrogen and oxygen atoms in total. The van der Waals surface area contributed by atoms with Gasteiger partial charge in [0.2, 0.25) is 5.91 Å². The molecule has 0 aliphatic heterocycles. The van der Waals surface area contributed by atoms with Crippen LogP contribution in [0.2, 0.25) is 0 Å². The monoisotopic (exact) mass is 391 g/mol. The summed E-state index contributed by atoms with van der Waals surface area (Å²) in [4.78, 5) is 31.7. The zero-order valence-electron chi connectivity index (χ0n) is 15.4. The molecule has 0 atom stereocenters. The molecule has 0 saturated heterocycles. The highest BCUT2D eigenvalue weighted by Gasteiger charge is 2.12. The lowest BCUT2D eigenvalue weighted by atomic mass is 10.2. The van der Waals surface area contributed by atoms with E-state index in [4.69, 9.17) is 0 Å². The summed E-state index contributed by atoms with van der Waals surface area (Å²) in [7, 11) is 0. The van der Waals surface area contributed by atoms with E-state index in [-0.39, 0.29) is 30.1 Å². The molecule has 0 saturated carbocycles. The molecule has 0 unspecified atom stereocenters. The molecular formula is C21H18FN5O2. The van der Waals surface area contributed by atoms with Crippen molar-refractivity contribution in [3.8, 4) is 5.69 Å². The molecule has 4 rings (SSSR count). The number of H-pyrrole nitrogens is 1. The van der Waals surface area contributed by atoms with Crippen molar-refractivity contribution >= 4 is 16.9 Å². The van der Waals surface area contributed by atoms with Crippen molar-refractivity contribution in [2.45, 2.75) is 19.4 Å². The number of nitrogens with one attached hydrogen (secondary N) is 2. The minimum Gasteiger partial charge on any atom is -0.352 e. The number of hydrogen-bond donors (Lipinski definition) is 2. The van der Waals surface area contributed by atoms with E-state index in [0.717, 1.165) is 11.3 Å². The number of amides is 1. The molecule has 2 aromatic carbocycles. The number of fused-ring (bicyclic) bond motifs is 1. The molecule has 0 spiro atoms. The summed E-state index contributed by atoms with van der Waals surface area (Å²) >= 11 is 0. The number of benzene rings is 2. The molecule has 2 N–H and O–H groups in total. The Morgan fingerprint density at radius 3 is 2.62 bits per heavy atom. The van der Waals surface area contributed by atoms with Crippen molar-refractivity contribution in [2.24, 2.45) is 0 Å². The van der Waals surface area contributed by atoms with Crippen molar-refractivity contribution in [1.82, 2.24) is 25.1 Å². The molecule has 0 bridgehead atoms. The fraction of sp³-hybridized carbons (Fsp3) is 0.143. The number of halogens is 1. The predicted octanol–water partition coefficient (Wildman–Crippen LogP) is 2.50. The Morgan fingerprint density at radius 1 is 1.10 bits per heavy atom. The van der Waals surface area contributed by atoms with Gasteiger partial charge in [0.1, 0.15) is 17.0 Å². The highest BCUT2D eigenvalue weighted by molar-refractivity contribution is 5.77. The van der Waals surface area contributed by atoms with Crippen LogP contribution in [0.4, 0.5) is 4.39 Å².